The van der Waals surface area contributed by atoms with E-state index in [-0.39, 0.29) is 6.04 Å². The Labute approximate surface area is 118 Å². The number of piperidine rings is 1. The number of nitrogens with one attached hydrogen (secondary N) is 1. The van der Waals surface area contributed by atoms with Crippen molar-refractivity contribution < 1.29 is 13.2 Å². The summed E-state index contributed by atoms with van der Waals surface area (Å²) in [6, 6.07) is 6.36. The largest absolute Gasteiger partial charge is 0.401 e. The normalized spacial score (nSPS) is 18.2. The molecule has 2 nitrogen and oxygen atoms in total. The number of hydrogen-bond acceptors (Lipinski definition) is 2. The zero-order chi connectivity index (χ0) is 14.8. The van der Waals surface area contributed by atoms with Gasteiger partial charge in [-0.2, -0.15) is 13.2 Å². The average Bonchev–Trinajstić information content (AvgIpc) is 2.35. The van der Waals surface area contributed by atoms with Crippen molar-refractivity contribution in [2.24, 2.45) is 0 Å². The Morgan fingerprint density at radius 1 is 1.20 bits per heavy atom. The van der Waals surface area contributed by atoms with E-state index in [1.807, 2.05) is 12.1 Å². The van der Waals surface area contributed by atoms with Gasteiger partial charge in [0.05, 0.1) is 6.54 Å². The summed E-state index contributed by atoms with van der Waals surface area (Å²) < 4.78 is 37.0. The first-order valence-corrected chi connectivity index (χ1v) is 6.97. The van der Waals surface area contributed by atoms with Gasteiger partial charge in [-0.1, -0.05) is 12.1 Å². The van der Waals surface area contributed by atoms with E-state index < -0.39 is 12.7 Å². The van der Waals surface area contributed by atoms with E-state index in [9.17, 15) is 13.2 Å². The van der Waals surface area contributed by atoms with Gasteiger partial charge in [0.15, 0.2) is 0 Å². The van der Waals surface area contributed by atoms with Crippen LogP contribution in [0, 0.1) is 13.8 Å². The first-order chi connectivity index (χ1) is 9.35. The van der Waals surface area contributed by atoms with Gasteiger partial charge in [0.2, 0.25) is 0 Å². The first kappa shape index (κ1) is 15.2. The Morgan fingerprint density at radius 2 is 1.85 bits per heavy atom. The highest BCUT2D eigenvalue weighted by molar-refractivity contribution is 5.54. The van der Waals surface area contributed by atoms with Gasteiger partial charge in [0, 0.05) is 24.8 Å². The SMILES string of the molecule is Cc1cccc(NC2CCN(CC(F)(F)F)CC2)c1C. The molecule has 0 aromatic heterocycles. The molecule has 20 heavy (non-hydrogen) atoms. The third-order valence-corrected chi connectivity index (χ3v) is 3.95. The smallest absolute Gasteiger partial charge is 0.382 e. The second kappa shape index (κ2) is 6.04. The standard InChI is InChI=1S/C15H21F3N2/c1-11-4-3-5-14(12(11)2)19-13-6-8-20(9-7-13)10-15(16,17)18/h3-5,13,19H,6-10H2,1-2H3. The number of hydrogen-bond donors (Lipinski definition) is 1. The summed E-state index contributed by atoms with van der Waals surface area (Å²) in [5.74, 6) is 0. The molecule has 0 aliphatic carbocycles. The van der Waals surface area contributed by atoms with Crippen molar-refractivity contribution in [2.45, 2.75) is 38.9 Å². The predicted molar refractivity (Wildman–Crippen MR) is 75.1 cm³/mol. The van der Waals surface area contributed by atoms with Gasteiger partial charge in [-0.15, -0.1) is 0 Å². The minimum absolute atomic E-state index is 0.264. The highest BCUT2D eigenvalue weighted by Gasteiger charge is 2.32. The third-order valence-electron chi connectivity index (χ3n) is 3.95. The van der Waals surface area contributed by atoms with Crippen LogP contribution in [0.1, 0.15) is 24.0 Å². The maximum Gasteiger partial charge on any atom is 0.401 e. The van der Waals surface area contributed by atoms with Gasteiger partial charge >= 0.3 is 6.18 Å². The highest BCUT2D eigenvalue weighted by Crippen LogP contribution is 2.24. The molecule has 1 aromatic rings. The van der Waals surface area contributed by atoms with Gasteiger partial charge in [0.1, 0.15) is 0 Å². The molecule has 112 valence electrons. The molecule has 2 rings (SSSR count). The van der Waals surface area contributed by atoms with Crippen LogP contribution in [0.25, 0.3) is 0 Å². The number of alkyl halides is 3. The molecular weight excluding hydrogens is 265 g/mol. The Kier molecular flexibility index (Phi) is 4.58. The topological polar surface area (TPSA) is 15.3 Å². The summed E-state index contributed by atoms with van der Waals surface area (Å²) in [4.78, 5) is 1.49. The summed E-state index contributed by atoms with van der Waals surface area (Å²) in [6.07, 6.45) is -2.58. The second-order valence-electron chi connectivity index (χ2n) is 5.56. The lowest BCUT2D eigenvalue weighted by atomic mass is 10.0. The van der Waals surface area contributed by atoms with E-state index in [2.05, 4.69) is 25.2 Å². The van der Waals surface area contributed by atoms with Crippen LogP contribution in [-0.2, 0) is 0 Å². The zero-order valence-electron chi connectivity index (χ0n) is 11.9. The van der Waals surface area contributed by atoms with Crippen LogP contribution in [0.15, 0.2) is 18.2 Å². The Bertz CT molecular complexity index is 449. The zero-order valence-corrected chi connectivity index (χ0v) is 11.9. The molecule has 1 heterocycles. The lowest BCUT2D eigenvalue weighted by molar-refractivity contribution is -0.147. The van der Waals surface area contributed by atoms with E-state index in [4.69, 9.17) is 0 Å². The minimum atomic E-state index is -4.09. The van der Waals surface area contributed by atoms with Crippen molar-refractivity contribution in [1.29, 1.82) is 0 Å². The van der Waals surface area contributed by atoms with Crippen LogP contribution >= 0.6 is 0 Å². The number of anilines is 1. The van der Waals surface area contributed by atoms with Gasteiger partial charge < -0.3 is 5.32 Å². The summed E-state index contributed by atoms with van der Waals surface area (Å²) in [6.45, 7) is 4.34. The molecule has 0 saturated carbocycles. The molecule has 0 spiro atoms. The molecule has 0 bridgehead atoms. The molecular formula is C15H21F3N2. The Balaban J connectivity index is 1.87. The molecule has 5 heteroatoms. The van der Waals surface area contributed by atoms with Gasteiger partial charge in [0.25, 0.3) is 0 Å². The molecule has 1 saturated heterocycles. The molecule has 0 unspecified atom stereocenters. The molecule has 0 radical (unpaired) electrons. The average molecular weight is 286 g/mol. The summed E-state index contributed by atoms with van der Waals surface area (Å²) in [7, 11) is 0. The number of likely N-dealkylation sites (tertiary alicyclic amines) is 1. The predicted octanol–water partition coefficient (Wildman–Crippen LogP) is 3.74. The van der Waals surface area contributed by atoms with Crippen molar-refractivity contribution in [3.05, 3.63) is 29.3 Å². The van der Waals surface area contributed by atoms with Crippen molar-refractivity contribution in [3.8, 4) is 0 Å². The fourth-order valence-corrected chi connectivity index (χ4v) is 2.62. The van der Waals surface area contributed by atoms with Crippen LogP contribution in [0.4, 0.5) is 18.9 Å². The fourth-order valence-electron chi connectivity index (χ4n) is 2.62. The molecule has 0 amide bonds. The molecule has 0 atom stereocenters. The van der Waals surface area contributed by atoms with Crippen LogP contribution in [0.5, 0.6) is 0 Å². The van der Waals surface area contributed by atoms with Crippen molar-refractivity contribution in [3.63, 3.8) is 0 Å². The molecule has 1 fully saturated rings. The highest BCUT2D eigenvalue weighted by atomic mass is 19.4. The quantitative estimate of drug-likeness (QED) is 0.910. The molecule has 1 aromatic carbocycles. The van der Waals surface area contributed by atoms with E-state index in [1.165, 1.54) is 16.0 Å². The molecule has 1 aliphatic rings. The molecule has 1 aliphatic heterocycles. The Hall–Kier alpha value is -1.23. The van der Waals surface area contributed by atoms with Crippen molar-refractivity contribution >= 4 is 5.69 Å². The van der Waals surface area contributed by atoms with Gasteiger partial charge in [-0.05, 0) is 43.9 Å². The van der Waals surface area contributed by atoms with Gasteiger partial charge in [-0.25, -0.2) is 0 Å². The number of benzene rings is 1. The van der Waals surface area contributed by atoms with Crippen molar-refractivity contribution in [2.75, 3.05) is 25.0 Å². The summed E-state index contributed by atoms with van der Waals surface area (Å²) in [5.41, 5.74) is 3.54. The summed E-state index contributed by atoms with van der Waals surface area (Å²) in [5, 5.41) is 3.47. The first-order valence-electron chi connectivity index (χ1n) is 6.97. The number of aryl methyl sites for hydroxylation is 1. The van der Waals surface area contributed by atoms with Crippen LogP contribution in [0.2, 0.25) is 0 Å². The lowest BCUT2D eigenvalue weighted by Crippen LogP contribution is -2.43. The van der Waals surface area contributed by atoms with Crippen molar-refractivity contribution in [1.82, 2.24) is 4.90 Å². The van der Waals surface area contributed by atoms with E-state index in [0.29, 0.717) is 13.1 Å². The number of rotatable bonds is 3. The van der Waals surface area contributed by atoms with Crippen LogP contribution in [0.3, 0.4) is 0 Å². The number of halogens is 3. The monoisotopic (exact) mass is 286 g/mol. The summed E-state index contributed by atoms with van der Waals surface area (Å²) >= 11 is 0. The second-order valence-corrected chi connectivity index (χ2v) is 5.56. The maximum absolute atomic E-state index is 12.3. The van der Waals surface area contributed by atoms with E-state index in [1.54, 1.807) is 0 Å². The lowest BCUT2D eigenvalue weighted by Gasteiger charge is -2.33. The third kappa shape index (κ3) is 4.13. The van der Waals surface area contributed by atoms with Crippen LogP contribution in [-0.4, -0.2) is 36.8 Å². The molecule has 1 N–H and O–H groups in total. The maximum atomic E-state index is 12.3. The fraction of sp³-hybridized carbons (Fsp3) is 0.600. The van der Waals surface area contributed by atoms with E-state index in [0.717, 1.165) is 18.5 Å². The van der Waals surface area contributed by atoms with E-state index >= 15 is 0 Å². The number of nitrogens with zero attached hydrogens (tertiary/aromatic N) is 1. The minimum Gasteiger partial charge on any atom is -0.382 e. The Morgan fingerprint density at radius 3 is 2.45 bits per heavy atom. The van der Waals surface area contributed by atoms with Crippen LogP contribution < -0.4 is 5.32 Å². The van der Waals surface area contributed by atoms with Gasteiger partial charge in [-0.3, -0.25) is 4.90 Å².